The zero-order valence-corrected chi connectivity index (χ0v) is 17.0. The lowest BCUT2D eigenvalue weighted by molar-refractivity contribution is -0.132. The van der Waals surface area contributed by atoms with Crippen molar-refractivity contribution in [2.75, 3.05) is 25.5 Å². The Morgan fingerprint density at radius 1 is 1.10 bits per heavy atom. The second-order valence-electron chi connectivity index (χ2n) is 7.17. The molecule has 152 valence electrons. The zero-order valence-electron chi connectivity index (χ0n) is 16.2. The van der Waals surface area contributed by atoms with Crippen LogP contribution >= 0.6 is 11.8 Å². The minimum absolute atomic E-state index is 0.0245. The van der Waals surface area contributed by atoms with Gasteiger partial charge in [-0.1, -0.05) is 42.5 Å². The van der Waals surface area contributed by atoms with Crippen molar-refractivity contribution in [3.63, 3.8) is 0 Å². The standard InChI is InChI=1S/C23H24FNO3S/c24-19-10-8-17(9-11-19)15-25(16-20-7-4-12-27-20)23(26)21-22(29-14-13-28-21)18-5-2-1-3-6-18/h1-3,5-6,8-11,20H,4,7,12-16H2. The van der Waals surface area contributed by atoms with E-state index < -0.39 is 0 Å². The molecule has 1 unspecified atom stereocenters. The summed E-state index contributed by atoms with van der Waals surface area (Å²) in [5.41, 5.74) is 1.86. The number of carbonyl (C=O) groups excluding carboxylic acids is 1. The van der Waals surface area contributed by atoms with Gasteiger partial charge in [-0.3, -0.25) is 4.79 Å². The van der Waals surface area contributed by atoms with E-state index in [4.69, 9.17) is 9.47 Å². The van der Waals surface area contributed by atoms with Gasteiger partial charge in [0.1, 0.15) is 5.82 Å². The Balaban J connectivity index is 1.63. The molecular weight excluding hydrogens is 389 g/mol. The molecule has 4 rings (SSSR count). The second-order valence-corrected chi connectivity index (χ2v) is 8.27. The van der Waals surface area contributed by atoms with Crippen LogP contribution in [0.2, 0.25) is 0 Å². The third-order valence-corrected chi connectivity index (χ3v) is 6.12. The molecule has 1 amide bonds. The maximum Gasteiger partial charge on any atom is 0.290 e. The molecule has 0 aliphatic carbocycles. The maximum atomic E-state index is 13.5. The predicted octanol–water partition coefficient (Wildman–Crippen LogP) is 4.47. The number of thioether (sulfide) groups is 1. The number of halogens is 1. The van der Waals surface area contributed by atoms with Gasteiger partial charge in [-0.05, 0) is 36.1 Å². The number of benzene rings is 2. The Hall–Kier alpha value is -2.31. The summed E-state index contributed by atoms with van der Waals surface area (Å²) >= 11 is 1.65. The predicted molar refractivity (Wildman–Crippen MR) is 113 cm³/mol. The molecular formula is C23H24FNO3S. The third-order valence-electron chi connectivity index (χ3n) is 5.03. The van der Waals surface area contributed by atoms with Gasteiger partial charge in [-0.25, -0.2) is 4.39 Å². The number of rotatable bonds is 6. The Kier molecular flexibility index (Phi) is 6.52. The topological polar surface area (TPSA) is 38.8 Å². The van der Waals surface area contributed by atoms with Crippen LogP contribution in [0.3, 0.4) is 0 Å². The molecule has 29 heavy (non-hydrogen) atoms. The van der Waals surface area contributed by atoms with Gasteiger partial charge in [0.05, 0.1) is 17.6 Å². The maximum absolute atomic E-state index is 13.5. The lowest BCUT2D eigenvalue weighted by Crippen LogP contribution is -2.39. The molecule has 1 fully saturated rings. The van der Waals surface area contributed by atoms with Gasteiger partial charge in [0, 0.05) is 25.4 Å². The first-order chi connectivity index (χ1) is 14.2. The zero-order chi connectivity index (χ0) is 20.1. The van der Waals surface area contributed by atoms with Crippen LogP contribution < -0.4 is 0 Å². The fraction of sp³-hybridized carbons (Fsp3) is 0.348. The second kappa shape index (κ2) is 9.46. The van der Waals surface area contributed by atoms with Crippen molar-refractivity contribution in [1.29, 1.82) is 0 Å². The van der Waals surface area contributed by atoms with Gasteiger partial charge in [-0.15, -0.1) is 11.8 Å². The molecule has 1 atom stereocenters. The highest BCUT2D eigenvalue weighted by Crippen LogP contribution is 2.35. The van der Waals surface area contributed by atoms with E-state index in [-0.39, 0.29) is 17.8 Å². The van der Waals surface area contributed by atoms with E-state index in [1.807, 2.05) is 30.3 Å². The van der Waals surface area contributed by atoms with E-state index in [1.165, 1.54) is 12.1 Å². The van der Waals surface area contributed by atoms with E-state index in [0.29, 0.717) is 25.5 Å². The summed E-state index contributed by atoms with van der Waals surface area (Å²) in [4.78, 5) is 16.2. The van der Waals surface area contributed by atoms with Crippen molar-refractivity contribution < 1.29 is 18.7 Å². The molecule has 1 saturated heterocycles. The quantitative estimate of drug-likeness (QED) is 0.701. The number of nitrogens with zero attached hydrogens (tertiary/aromatic N) is 1. The largest absolute Gasteiger partial charge is 0.486 e. The minimum Gasteiger partial charge on any atom is -0.486 e. The molecule has 0 aromatic heterocycles. The van der Waals surface area contributed by atoms with Crippen molar-refractivity contribution in [2.24, 2.45) is 0 Å². The van der Waals surface area contributed by atoms with Crippen LogP contribution in [-0.2, 0) is 20.8 Å². The van der Waals surface area contributed by atoms with Gasteiger partial charge >= 0.3 is 0 Å². The molecule has 2 heterocycles. The first-order valence-electron chi connectivity index (χ1n) is 9.91. The first-order valence-corrected chi connectivity index (χ1v) is 10.9. The molecule has 6 heteroatoms. The van der Waals surface area contributed by atoms with E-state index in [9.17, 15) is 9.18 Å². The molecule has 4 nitrogen and oxygen atoms in total. The average Bonchev–Trinajstić information content (AvgIpc) is 3.28. The van der Waals surface area contributed by atoms with Gasteiger partial charge in [0.2, 0.25) is 0 Å². The Bertz CT molecular complexity index is 863. The summed E-state index contributed by atoms with van der Waals surface area (Å²) in [5, 5.41) is 0. The fourth-order valence-corrected chi connectivity index (χ4v) is 4.54. The Morgan fingerprint density at radius 3 is 2.62 bits per heavy atom. The highest BCUT2D eigenvalue weighted by molar-refractivity contribution is 8.08. The van der Waals surface area contributed by atoms with Crippen molar-refractivity contribution in [3.8, 4) is 0 Å². The van der Waals surface area contributed by atoms with Crippen LogP contribution in [0, 0.1) is 5.82 Å². The molecule has 0 bridgehead atoms. The molecule has 0 radical (unpaired) electrons. The van der Waals surface area contributed by atoms with E-state index >= 15 is 0 Å². The van der Waals surface area contributed by atoms with Gasteiger partial charge in [0.25, 0.3) is 5.91 Å². The monoisotopic (exact) mass is 413 g/mol. The lowest BCUT2D eigenvalue weighted by Gasteiger charge is -2.29. The number of amides is 1. The Labute approximate surface area is 174 Å². The molecule has 2 aliphatic rings. The molecule has 0 saturated carbocycles. The van der Waals surface area contributed by atoms with Crippen molar-refractivity contribution in [2.45, 2.75) is 25.5 Å². The van der Waals surface area contributed by atoms with Crippen LogP contribution in [0.4, 0.5) is 4.39 Å². The summed E-state index contributed by atoms with van der Waals surface area (Å²) in [6, 6.07) is 16.1. The SMILES string of the molecule is O=C(C1=C(c2ccccc2)SCCO1)N(Cc1ccc(F)cc1)CC1CCCO1. The van der Waals surface area contributed by atoms with Crippen LogP contribution in [0.25, 0.3) is 4.91 Å². The lowest BCUT2D eigenvalue weighted by atomic mass is 10.1. The number of hydrogen-bond acceptors (Lipinski definition) is 4. The first kappa shape index (κ1) is 20.0. The molecule has 0 spiro atoms. The smallest absolute Gasteiger partial charge is 0.290 e. The average molecular weight is 414 g/mol. The van der Waals surface area contributed by atoms with Crippen molar-refractivity contribution >= 4 is 22.6 Å². The Morgan fingerprint density at radius 2 is 1.90 bits per heavy atom. The van der Waals surface area contributed by atoms with Crippen LogP contribution in [0.15, 0.2) is 60.4 Å². The summed E-state index contributed by atoms with van der Waals surface area (Å²) in [6.07, 6.45) is 1.97. The third kappa shape index (κ3) is 5.00. The van der Waals surface area contributed by atoms with E-state index in [1.54, 1.807) is 28.8 Å². The number of carbonyl (C=O) groups is 1. The highest BCUT2D eigenvalue weighted by Gasteiger charge is 2.30. The fourth-order valence-electron chi connectivity index (χ4n) is 3.59. The van der Waals surface area contributed by atoms with Crippen molar-refractivity contribution in [1.82, 2.24) is 4.90 Å². The number of hydrogen-bond donors (Lipinski definition) is 0. The van der Waals surface area contributed by atoms with Gasteiger partial charge in [0.15, 0.2) is 5.76 Å². The van der Waals surface area contributed by atoms with E-state index in [2.05, 4.69) is 0 Å². The number of ether oxygens (including phenoxy) is 2. The summed E-state index contributed by atoms with van der Waals surface area (Å²) < 4.78 is 25.0. The minimum atomic E-state index is -0.285. The van der Waals surface area contributed by atoms with Crippen LogP contribution in [0.1, 0.15) is 24.0 Å². The van der Waals surface area contributed by atoms with Crippen LogP contribution in [-0.4, -0.2) is 42.4 Å². The summed E-state index contributed by atoms with van der Waals surface area (Å²) in [5.74, 6) is 0.778. The van der Waals surface area contributed by atoms with E-state index in [0.717, 1.165) is 41.2 Å². The molecule has 2 aromatic carbocycles. The summed E-state index contributed by atoms with van der Waals surface area (Å²) in [6.45, 7) is 2.12. The van der Waals surface area contributed by atoms with Gasteiger partial charge in [-0.2, -0.15) is 0 Å². The summed E-state index contributed by atoms with van der Waals surface area (Å²) in [7, 11) is 0. The molecule has 0 N–H and O–H groups in total. The van der Waals surface area contributed by atoms with Crippen molar-refractivity contribution in [3.05, 3.63) is 77.3 Å². The highest BCUT2D eigenvalue weighted by atomic mass is 32.2. The normalized spacial score (nSPS) is 19.1. The molecule has 2 aliphatic heterocycles. The van der Waals surface area contributed by atoms with Crippen LogP contribution in [0.5, 0.6) is 0 Å². The van der Waals surface area contributed by atoms with Gasteiger partial charge < -0.3 is 14.4 Å². The molecule has 2 aromatic rings.